The van der Waals surface area contributed by atoms with Crippen LogP contribution in [0.15, 0.2) is 30.6 Å². The number of primary amides is 1. The van der Waals surface area contributed by atoms with Gasteiger partial charge in [-0.15, -0.1) is 0 Å². The summed E-state index contributed by atoms with van der Waals surface area (Å²) >= 11 is 0. The summed E-state index contributed by atoms with van der Waals surface area (Å²) < 4.78 is 7.57. The number of aldehydes is 1. The molecule has 1 amide bonds. The van der Waals surface area contributed by atoms with Crippen molar-refractivity contribution in [1.82, 2.24) is 14.8 Å². The minimum atomic E-state index is -0.527. The maximum absolute atomic E-state index is 12.0. The molecule has 0 spiro atoms. The van der Waals surface area contributed by atoms with Crippen LogP contribution in [0.4, 0.5) is 0 Å². The van der Waals surface area contributed by atoms with E-state index in [9.17, 15) is 9.59 Å². The lowest BCUT2D eigenvalue weighted by molar-refractivity contribution is -0.112. The lowest BCUT2D eigenvalue weighted by atomic mass is 9.87. The van der Waals surface area contributed by atoms with E-state index in [1.165, 1.54) is 0 Å². The number of benzene rings is 1. The zero-order valence-corrected chi connectivity index (χ0v) is 16.6. The molecule has 1 fully saturated rings. The number of hydrogen-bond acceptors (Lipinski definition) is 5. The van der Waals surface area contributed by atoms with Gasteiger partial charge in [-0.3, -0.25) is 14.5 Å². The smallest absolute Gasteiger partial charge is 0.250 e. The van der Waals surface area contributed by atoms with Gasteiger partial charge in [0.2, 0.25) is 0 Å². The predicted octanol–water partition coefficient (Wildman–Crippen LogP) is 3.44. The molecule has 0 bridgehead atoms. The molecule has 29 heavy (non-hydrogen) atoms. The SMILES string of the molecule is COc1cc2nn(C3CCC(C=O)CC3)cc2cc1-c1ncc(C)cc1C(N)=O. The van der Waals surface area contributed by atoms with Crippen molar-refractivity contribution >= 4 is 23.1 Å². The fourth-order valence-corrected chi connectivity index (χ4v) is 4.09. The molecular weight excluding hydrogens is 368 g/mol. The molecular formula is C22H24N4O3. The second-order valence-electron chi connectivity index (χ2n) is 7.70. The molecule has 7 nitrogen and oxygen atoms in total. The number of hydrogen-bond donors (Lipinski definition) is 1. The van der Waals surface area contributed by atoms with E-state index in [-0.39, 0.29) is 12.0 Å². The Kier molecular flexibility index (Phi) is 5.05. The first-order valence-electron chi connectivity index (χ1n) is 9.79. The van der Waals surface area contributed by atoms with E-state index in [4.69, 9.17) is 15.6 Å². The third kappa shape index (κ3) is 3.60. The molecule has 7 heteroatoms. The summed E-state index contributed by atoms with van der Waals surface area (Å²) in [7, 11) is 1.58. The van der Waals surface area contributed by atoms with Crippen LogP contribution in [0.5, 0.6) is 5.75 Å². The van der Waals surface area contributed by atoms with Crippen LogP contribution in [-0.4, -0.2) is 34.1 Å². The minimum absolute atomic E-state index is 0.169. The number of fused-ring (bicyclic) bond motifs is 1. The maximum Gasteiger partial charge on any atom is 0.250 e. The number of amides is 1. The van der Waals surface area contributed by atoms with Crippen molar-refractivity contribution in [1.29, 1.82) is 0 Å². The van der Waals surface area contributed by atoms with E-state index in [2.05, 4.69) is 4.98 Å². The Morgan fingerprint density at radius 1 is 1.24 bits per heavy atom. The van der Waals surface area contributed by atoms with Gasteiger partial charge in [-0.2, -0.15) is 5.10 Å². The van der Waals surface area contributed by atoms with Gasteiger partial charge in [-0.1, -0.05) is 0 Å². The van der Waals surface area contributed by atoms with Crippen LogP contribution < -0.4 is 10.5 Å². The van der Waals surface area contributed by atoms with Crippen molar-refractivity contribution in [2.75, 3.05) is 7.11 Å². The number of aromatic nitrogens is 3. The lowest BCUT2D eigenvalue weighted by Crippen LogP contribution is -2.19. The first-order chi connectivity index (χ1) is 14.0. The van der Waals surface area contributed by atoms with Crippen LogP contribution in [0, 0.1) is 12.8 Å². The highest BCUT2D eigenvalue weighted by atomic mass is 16.5. The lowest BCUT2D eigenvalue weighted by Gasteiger charge is -2.25. The molecule has 2 heterocycles. The van der Waals surface area contributed by atoms with Crippen molar-refractivity contribution in [3.63, 3.8) is 0 Å². The van der Waals surface area contributed by atoms with E-state index in [1.54, 1.807) is 19.4 Å². The van der Waals surface area contributed by atoms with Gasteiger partial charge in [0.15, 0.2) is 0 Å². The Hall–Kier alpha value is -3.22. The van der Waals surface area contributed by atoms with Crippen LogP contribution in [0.25, 0.3) is 22.2 Å². The monoisotopic (exact) mass is 392 g/mol. The number of methoxy groups -OCH3 is 1. The van der Waals surface area contributed by atoms with Gasteiger partial charge in [0.25, 0.3) is 5.91 Å². The quantitative estimate of drug-likeness (QED) is 0.671. The van der Waals surface area contributed by atoms with Crippen molar-refractivity contribution < 1.29 is 14.3 Å². The predicted molar refractivity (Wildman–Crippen MR) is 110 cm³/mol. The third-order valence-corrected chi connectivity index (χ3v) is 5.70. The second kappa shape index (κ2) is 7.66. The van der Waals surface area contributed by atoms with E-state index in [0.29, 0.717) is 22.6 Å². The average Bonchev–Trinajstić information content (AvgIpc) is 3.15. The van der Waals surface area contributed by atoms with Crippen LogP contribution in [0.3, 0.4) is 0 Å². The normalized spacial score (nSPS) is 19.2. The van der Waals surface area contributed by atoms with Gasteiger partial charge in [-0.05, 0) is 50.3 Å². The Morgan fingerprint density at radius 3 is 2.66 bits per heavy atom. The first-order valence-corrected chi connectivity index (χ1v) is 9.79. The molecule has 3 aromatic rings. The Bertz CT molecular complexity index is 1080. The van der Waals surface area contributed by atoms with Crippen molar-refractivity contribution in [3.05, 3.63) is 41.7 Å². The fraction of sp³-hybridized carbons (Fsp3) is 0.364. The number of nitrogens with zero attached hydrogens (tertiary/aromatic N) is 3. The molecule has 0 radical (unpaired) electrons. The molecule has 1 saturated carbocycles. The molecule has 0 unspecified atom stereocenters. The number of aryl methyl sites for hydroxylation is 1. The van der Waals surface area contributed by atoms with Crippen LogP contribution in [-0.2, 0) is 4.79 Å². The number of ether oxygens (including phenoxy) is 1. The number of carbonyl (C=O) groups is 2. The highest BCUT2D eigenvalue weighted by molar-refractivity contribution is 6.01. The van der Waals surface area contributed by atoms with Gasteiger partial charge in [-0.25, -0.2) is 0 Å². The highest BCUT2D eigenvalue weighted by Crippen LogP contribution is 2.36. The number of rotatable bonds is 5. The number of pyridine rings is 1. The molecule has 0 saturated heterocycles. The van der Waals surface area contributed by atoms with Gasteiger partial charge in [0.05, 0.1) is 29.9 Å². The zero-order valence-electron chi connectivity index (χ0n) is 16.6. The second-order valence-corrected chi connectivity index (χ2v) is 7.70. The number of nitrogens with two attached hydrogens (primary N) is 1. The van der Waals surface area contributed by atoms with Crippen molar-refractivity contribution in [3.8, 4) is 17.0 Å². The minimum Gasteiger partial charge on any atom is -0.496 e. The topological polar surface area (TPSA) is 100 Å². The Balaban J connectivity index is 1.77. The fourth-order valence-electron chi connectivity index (χ4n) is 4.09. The van der Waals surface area contributed by atoms with Crippen molar-refractivity contribution in [2.24, 2.45) is 11.7 Å². The Labute approximate surface area is 168 Å². The van der Waals surface area contributed by atoms with Crippen LogP contribution in [0.1, 0.15) is 47.6 Å². The maximum atomic E-state index is 12.0. The molecule has 0 atom stereocenters. The average molecular weight is 392 g/mol. The van der Waals surface area contributed by atoms with E-state index < -0.39 is 5.91 Å². The molecule has 0 aliphatic heterocycles. The van der Waals surface area contributed by atoms with Crippen molar-refractivity contribution in [2.45, 2.75) is 38.6 Å². The molecule has 150 valence electrons. The Morgan fingerprint density at radius 2 is 2.00 bits per heavy atom. The molecule has 4 rings (SSSR count). The molecule has 1 aromatic carbocycles. The van der Waals surface area contributed by atoms with Gasteiger partial charge < -0.3 is 15.3 Å². The molecule has 1 aliphatic rings. The summed E-state index contributed by atoms with van der Waals surface area (Å²) in [5.74, 6) is 0.231. The summed E-state index contributed by atoms with van der Waals surface area (Å²) in [5.41, 5.74) is 8.84. The summed E-state index contributed by atoms with van der Waals surface area (Å²) in [6, 6.07) is 5.83. The summed E-state index contributed by atoms with van der Waals surface area (Å²) in [6.07, 6.45) is 8.46. The molecule has 1 aliphatic carbocycles. The van der Waals surface area contributed by atoms with Gasteiger partial charge >= 0.3 is 0 Å². The van der Waals surface area contributed by atoms with Crippen LogP contribution >= 0.6 is 0 Å². The number of carbonyl (C=O) groups excluding carboxylic acids is 2. The first kappa shape index (κ1) is 19.1. The van der Waals surface area contributed by atoms with E-state index in [1.807, 2.05) is 29.9 Å². The standard InChI is InChI=1S/C22H24N4O3/c1-13-7-18(22(23)28)21(24-10-13)17-8-15-11-26(25-19(15)9-20(17)29-2)16-5-3-14(12-27)4-6-16/h7-12,14,16H,3-6H2,1-2H3,(H2,23,28). The van der Waals surface area contributed by atoms with E-state index in [0.717, 1.165) is 48.4 Å². The van der Waals surface area contributed by atoms with Gasteiger partial charge in [0, 0.05) is 35.3 Å². The summed E-state index contributed by atoms with van der Waals surface area (Å²) in [5, 5.41) is 5.68. The molecule has 2 aromatic heterocycles. The highest BCUT2D eigenvalue weighted by Gasteiger charge is 2.23. The van der Waals surface area contributed by atoms with E-state index >= 15 is 0 Å². The summed E-state index contributed by atoms with van der Waals surface area (Å²) in [4.78, 5) is 27.4. The third-order valence-electron chi connectivity index (χ3n) is 5.70. The summed E-state index contributed by atoms with van der Waals surface area (Å²) in [6.45, 7) is 1.87. The largest absolute Gasteiger partial charge is 0.496 e. The van der Waals surface area contributed by atoms with Gasteiger partial charge in [0.1, 0.15) is 12.0 Å². The van der Waals surface area contributed by atoms with Crippen LogP contribution in [0.2, 0.25) is 0 Å². The zero-order chi connectivity index (χ0) is 20.5. The molecule has 2 N–H and O–H groups in total.